The number of nitrogens with zero attached hydrogens (tertiary/aromatic N) is 3. The lowest BCUT2D eigenvalue weighted by atomic mass is 10.2. The normalized spacial score (nSPS) is 15.0. The summed E-state index contributed by atoms with van der Waals surface area (Å²) in [7, 11) is 0. The average molecular weight is 488 g/mol. The van der Waals surface area contributed by atoms with E-state index in [4.69, 9.17) is 15.2 Å². The first-order valence-electron chi connectivity index (χ1n) is 12.3. The van der Waals surface area contributed by atoms with E-state index in [9.17, 15) is 14.4 Å². The van der Waals surface area contributed by atoms with Crippen molar-refractivity contribution in [1.82, 2.24) is 14.5 Å². The molecule has 0 radical (unpaired) electrons. The van der Waals surface area contributed by atoms with Gasteiger partial charge in [-0.25, -0.2) is 4.79 Å². The van der Waals surface area contributed by atoms with Gasteiger partial charge < -0.3 is 20.1 Å². The molecule has 1 unspecified atom stereocenters. The summed E-state index contributed by atoms with van der Waals surface area (Å²) < 4.78 is 13.2. The van der Waals surface area contributed by atoms with E-state index in [2.05, 4.69) is 4.98 Å². The van der Waals surface area contributed by atoms with E-state index in [1.54, 1.807) is 0 Å². The highest BCUT2D eigenvalue weighted by Gasteiger charge is 2.28. The molecule has 2 aromatic rings. The van der Waals surface area contributed by atoms with Gasteiger partial charge in [-0.3, -0.25) is 24.0 Å². The number of amides is 1. The number of hydrogen-bond donors (Lipinski definition) is 2. The number of aromatic amines is 1. The number of anilines is 2. The van der Waals surface area contributed by atoms with Crippen LogP contribution in [0.3, 0.4) is 0 Å². The van der Waals surface area contributed by atoms with Crippen LogP contribution in [-0.4, -0.2) is 59.2 Å². The van der Waals surface area contributed by atoms with Gasteiger partial charge >= 0.3 is 5.69 Å². The van der Waals surface area contributed by atoms with E-state index in [0.717, 1.165) is 6.42 Å². The van der Waals surface area contributed by atoms with E-state index in [0.29, 0.717) is 50.7 Å². The first-order valence-corrected chi connectivity index (χ1v) is 12.3. The van der Waals surface area contributed by atoms with Crippen molar-refractivity contribution in [3.05, 3.63) is 45.1 Å². The van der Waals surface area contributed by atoms with Crippen molar-refractivity contribution in [2.45, 2.75) is 53.2 Å². The maximum absolute atomic E-state index is 13.5. The summed E-state index contributed by atoms with van der Waals surface area (Å²) in [6.07, 6.45) is 1.29. The van der Waals surface area contributed by atoms with Gasteiger partial charge in [0.05, 0.1) is 6.54 Å². The zero-order valence-electron chi connectivity index (χ0n) is 21.1. The van der Waals surface area contributed by atoms with Gasteiger partial charge in [0.15, 0.2) is 17.2 Å². The Labute approximate surface area is 205 Å². The third-order valence-electron chi connectivity index (χ3n) is 5.90. The second kappa shape index (κ2) is 11.9. The van der Waals surface area contributed by atoms with Gasteiger partial charge in [0.25, 0.3) is 5.56 Å². The van der Waals surface area contributed by atoms with Crippen LogP contribution in [0.4, 0.5) is 11.5 Å². The summed E-state index contributed by atoms with van der Waals surface area (Å²) in [4.78, 5) is 44.4. The Morgan fingerprint density at radius 2 is 1.94 bits per heavy atom. The molecule has 0 bridgehead atoms. The van der Waals surface area contributed by atoms with Crippen molar-refractivity contribution in [3.8, 4) is 11.5 Å². The topological polar surface area (TPSA) is 123 Å². The molecular formula is C25H37N5O5. The minimum absolute atomic E-state index is 0.0144. The third-order valence-corrected chi connectivity index (χ3v) is 5.90. The van der Waals surface area contributed by atoms with Gasteiger partial charge in [0.1, 0.15) is 18.5 Å². The zero-order chi connectivity index (χ0) is 25.5. The Hall–Kier alpha value is -3.27. The standard InChI is InChI=1S/C25H37N5O5/c1-5-7-12-29(22-23(26)30(13-17(3)4)25(33)27-24(22)32)21(31)15-28(6-2)14-18-16-34-19-10-8-9-11-20(19)35-18/h8-11,17-18H,5-7,12-16,26H2,1-4H3,(H,27,32,33). The molecule has 1 aromatic carbocycles. The Kier molecular flexibility index (Phi) is 8.97. The van der Waals surface area contributed by atoms with Crippen LogP contribution < -0.4 is 31.4 Å². The van der Waals surface area contributed by atoms with Crippen molar-refractivity contribution in [1.29, 1.82) is 0 Å². The second-order valence-electron chi connectivity index (χ2n) is 9.22. The van der Waals surface area contributed by atoms with Crippen LogP contribution in [0.25, 0.3) is 0 Å². The molecule has 0 spiro atoms. The van der Waals surface area contributed by atoms with Crippen molar-refractivity contribution in [2.75, 3.05) is 43.4 Å². The first kappa shape index (κ1) is 26.3. The summed E-state index contributed by atoms with van der Waals surface area (Å²) >= 11 is 0. The minimum atomic E-state index is -0.652. The number of unbranched alkanes of at least 4 members (excludes halogenated alkanes) is 1. The van der Waals surface area contributed by atoms with Gasteiger partial charge in [0.2, 0.25) is 5.91 Å². The lowest BCUT2D eigenvalue weighted by Gasteiger charge is -2.32. The molecule has 35 heavy (non-hydrogen) atoms. The Bertz CT molecular complexity index is 1130. The van der Waals surface area contributed by atoms with Gasteiger partial charge in [-0.2, -0.15) is 0 Å². The summed E-state index contributed by atoms with van der Waals surface area (Å²) in [5.41, 5.74) is 5.11. The highest BCUT2D eigenvalue weighted by molar-refractivity contribution is 5.96. The van der Waals surface area contributed by atoms with Crippen molar-refractivity contribution >= 4 is 17.4 Å². The minimum Gasteiger partial charge on any atom is -0.486 e. The molecule has 10 heteroatoms. The van der Waals surface area contributed by atoms with Gasteiger partial charge in [0, 0.05) is 19.6 Å². The fraction of sp³-hybridized carbons (Fsp3) is 0.560. The molecule has 2 heterocycles. The van der Waals surface area contributed by atoms with Crippen LogP contribution in [0.1, 0.15) is 40.5 Å². The first-order chi connectivity index (χ1) is 16.7. The molecule has 0 saturated heterocycles. The molecule has 1 atom stereocenters. The van der Waals surface area contributed by atoms with Gasteiger partial charge in [-0.05, 0) is 31.0 Å². The largest absolute Gasteiger partial charge is 0.486 e. The smallest absolute Gasteiger partial charge is 0.330 e. The van der Waals surface area contributed by atoms with E-state index in [1.807, 2.05) is 56.9 Å². The predicted molar refractivity (Wildman–Crippen MR) is 136 cm³/mol. The van der Waals surface area contributed by atoms with E-state index in [-0.39, 0.29) is 36.0 Å². The third kappa shape index (κ3) is 6.45. The molecule has 1 aliphatic heterocycles. The van der Waals surface area contributed by atoms with E-state index in [1.165, 1.54) is 9.47 Å². The number of H-pyrrole nitrogens is 1. The lowest BCUT2D eigenvalue weighted by Crippen LogP contribution is -2.48. The maximum atomic E-state index is 13.5. The van der Waals surface area contributed by atoms with Gasteiger partial charge in [-0.1, -0.05) is 46.2 Å². The SMILES string of the molecule is CCCCN(C(=O)CN(CC)CC1COc2ccccc2O1)c1c(N)n(CC(C)C)c(=O)[nH]c1=O. The van der Waals surface area contributed by atoms with E-state index >= 15 is 0 Å². The van der Waals surface area contributed by atoms with Crippen LogP contribution >= 0.6 is 0 Å². The van der Waals surface area contributed by atoms with Crippen LogP contribution in [-0.2, 0) is 11.3 Å². The van der Waals surface area contributed by atoms with Crippen LogP contribution in [0.5, 0.6) is 11.5 Å². The Morgan fingerprint density at radius 1 is 1.23 bits per heavy atom. The van der Waals surface area contributed by atoms with E-state index < -0.39 is 11.2 Å². The number of ether oxygens (including phenoxy) is 2. The Balaban J connectivity index is 1.81. The zero-order valence-corrected chi connectivity index (χ0v) is 21.1. The molecule has 1 aliphatic rings. The molecule has 1 amide bonds. The summed E-state index contributed by atoms with van der Waals surface area (Å²) in [5, 5.41) is 0. The molecule has 3 N–H and O–H groups in total. The molecule has 0 fully saturated rings. The number of para-hydroxylation sites is 2. The molecule has 0 saturated carbocycles. The number of nitrogens with one attached hydrogen (secondary N) is 1. The van der Waals surface area contributed by atoms with Crippen LogP contribution in [0.2, 0.25) is 0 Å². The number of rotatable bonds is 11. The number of nitrogens with two attached hydrogens (primary N) is 1. The molecule has 1 aromatic heterocycles. The monoisotopic (exact) mass is 487 g/mol. The Morgan fingerprint density at radius 3 is 2.60 bits per heavy atom. The summed E-state index contributed by atoms with van der Waals surface area (Å²) in [6.45, 7) is 10.1. The van der Waals surface area contributed by atoms with Crippen LogP contribution in [0.15, 0.2) is 33.9 Å². The molecule has 3 rings (SSSR count). The highest BCUT2D eigenvalue weighted by atomic mass is 16.6. The lowest BCUT2D eigenvalue weighted by molar-refractivity contribution is -0.120. The number of hydrogen-bond acceptors (Lipinski definition) is 7. The predicted octanol–water partition coefficient (Wildman–Crippen LogP) is 2.07. The number of carbonyl (C=O) groups is 1. The van der Waals surface area contributed by atoms with Crippen molar-refractivity contribution < 1.29 is 14.3 Å². The number of carbonyl (C=O) groups excluding carboxylic acids is 1. The fourth-order valence-corrected chi connectivity index (χ4v) is 4.09. The quantitative estimate of drug-likeness (QED) is 0.497. The van der Waals surface area contributed by atoms with Crippen molar-refractivity contribution in [3.63, 3.8) is 0 Å². The average Bonchev–Trinajstić information content (AvgIpc) is 2.82. The molecule has 10 nitrogen and oxygen atoms in total. The second-order valence-corrected chi connectivity index (χ2v) is 9.22. The number of fused-ring (bicyclic) bond motifs is 1. The maximum Gasteiger partial charge on any atom is 0.330 e. The number of nitrogen functional groups attached to an aromatic ring is 1. The molecule has 192 valence electrons. The highest BCUT2D eigenvalue weighted by Crippen LogP contribution is 2.31. The number of aromatic nitrogens is 2. The molecule has 0 aliphatic carbocycles. The fourth-order valence-electron chi connectivity index (χ4n) is 4.09. The molecular weight excluding hydrogens is 450 g/mol. The van der Waals surface area contributed by atoms with Gasteiger partial charge in [-0.15, -0.1) is 0 Å². The number of likely N-dealkylation sites (N-methyl/N-ethyl adjacent to an activating group) is 1. The van der Waals surface area contributed by atoms with Crippen LogP contribution in [0, 0.1) is 5.92 Å². The summed E-state index contributed by atoms with van der Waals surface area (Å²) in [5.74, 6) is 1.28. The van der Waals surface area contributed by atoms with Crippen molar-refractivity contribution in [2.24, 2.45) is 5.92 Å². The summed E-state index contributed by atoms with van der Waals surface area (Å²) in [6, 6.07) is 7.50. The number of benzene rings is 1.